The third-order valence-corrected chi connectivity index (χ3v) is 4.96. The van der Waals surface area contributed by atoms with Crippen LogP contribution in [0.4, 0.5) is 5.13 Å². The van der Waals surface area contributed by atoms with Crippen molar-refractivity contribution >= 4 is 43.7 Å². The monoisotopic (exact) mass is 348 g/mol. The van der Waals surface area contributed by atoms with Gasteiger partial charge in [-0.1, -0.05) is 41.7 Å². The van der Waals surface area contributed by atoms with Crippen LogP contribution in [-0.4, -0.2) is 25.4 Å². The van der Waals surface area contributed by atoms with Gasteiger partial charge in [0.2, 0.25) is 5.13 Å². The number of fused-ring (bicyclic) bond motifs is 3. The molecule has 4 nitrogen and oxygen atoms in total. The normalized spacial score (nSPS) is 11.4. The highest BCUT2D eigenvalue weighted by Gasteiger charge is 2.07. The van der Waals surface area contributed by atoms with E-state index in [-0.39, 0.29) is 0 Å². The van der Waals surface area contributed by atoms with E-state index in [2.05, 4.69) is 29.3 Å². The van der Waals surface area contributed by atoms with Crippen molar-refractivity contribution in [3.63, 3.8) is 0 Å². The van der Waals surface area contributed by atoms with Crippen molar-refractivity contribution in [2.24, 2.45) is 4.99 Å². The number of hydrogen-bond acceptors (Lipinski definition) is 5. The molecule has 0 saturated heterocycles. The summed E-state index contributed by atoms with van der Waals surface area (Å²) >= 11 is 1.58. The molecule has 0 N–H and O–H groups in total. The zero-order chi connectivity index (χ0) is 17.2. The summed E-state index contributed by atoms with van der Waals surface area (Å²) < 4.78 is 11.8. The quantitative estimate of drug-likeness (QED) is 0.475. The molecule has 0 spiro atoms. The second-order valence-electron chi connectivity index (χ2n) is 5.50. The van der Waals surface area contributed by atoms with Crippen molar-refractivity contribution in [2.75, 3.05) is 14.2 Å². The van der Waals surface area contributed by atoms with Gasteiger partial charge >= 0.3 is 0 Å². The number of aliphatic imine (C=N–C) groups is 1. The van der Waals surface area contributed by atoms with Gasteiger partial charge in [-0.15, -0.1) is 0 Å². The number of benzene rings is 3. The third kappa shape index (κ3) is 2.94. The van der Waals surface area contributed by atoms with Crippen molar-refractivity contribution in [3.05, 3.63) is 60.2 Å². The van der Waals surface area contributed by atoms with Crippen molar-refractivity contribution in [1.29, 1.82) is 0 Å². The van der Waals surface area contributed by atoms with E-state index in [0.29, 0.717) is 0 Å². The average Bonchev–Trinajstić information content (AvgIpc) is 3.09. The van der Waals surface area contributed by atoms with Gasteiger partial charge in [0.25, 0.3) is 0 Å². The minimum absolute atomic E-state index is 0.717. The van der Waals surface area contributed by atoms with Crippen LogP contribution >= 0.6 is 11.3 Å². The van der Waals surface area contributed by atoms with Gasteiger partial charge in [-0.25, -0.2) is 9.98 Å². The fourth-order valence-corrected chi connectivity index (χ4v) is 3.58. The summed E-state index contributed by atoms with van der Waals surface area (Å²) in [6, 6.07) is 18.1. The summed E-state index contributed by atoms with van der Waals surface area (Å²) in [5.41, 5.74) is 1.88. The predicted octanol–water partition coefficient (Wildman–Crippen LogP) is 5.22. The molecule has 0 saturated carbocycles. The molecular formula is C20H16N2O2S. The average molecular weight is 348 g/mol. The van der Waals surface area contributed by atoms with Gasteiger partial charge in [0.05, 0.1) is 24.4 Å². The first-order valence-corrected chi connectivity index (χ1v) is 8.64. The number of nitrogens with zero attached hydrogens (tertiary/aromatic N) is 2. The molecular weight excluding hydrogens is 332 g/mol. The summed E-state index contributed by atoms with van der Waals surface area (Å²) in [5, 5.41) is 3.07. The van der Waals surface area contributed by atoms with Crippen LogP contribution in [0.15, 0.2) is 59.6 Å². The lowest BCUT2D eigenvalue weighted by molar-refractivity contribution is 0.394. The molecule has 0 bridgehead atoms. The highest BCUT2D eigenvalue weighted by atomic mass is 32.1. The molecule has 0 aliphatic heterocycles. The maximum atomic E-state index is 5.40. The molecule has 25 heavy (non-hydrogen) atoms. The first kappa shape index (κ1) is 15.6. The predicted molar refractivity (Wildman–Crippen MR) is 104 cm³/mol. The van der Waals surface area contributed by atoms with Crippen molar-refractivity contribution in [3.8, 4) is 11.5 Å². The zero-order valence-electron chi connectivity index (χ0n) is 13.9. The number of rotatable bonds is 4. The van der Waals surface area contributed by atoms with Crippen molar-refractivity contribution in [1.82, 2.24) is 4.98 Å². The van der Waals surface area contributed by atoms with E-state index < -0.39 is 0 Å². The van der Waals surface area contributed by atoms with E-state index in [1.165, 1.54) is 5.39 Å². The Labute approximate surface area is 149 Å². The lowest BCUT2D eigenvalue weighted by Gasteiger charge is -2.06. The molecule has 3 aromatic carbocycles. The lowest BCUT2D eigenvalue weighted by Crippen LogP contribution is -1.92. The minimum Gasteiger partial charge on any atom is -0.497 e. The maximum absolute atomic E-state index is 5.40. The van der Waals surface area contributed by atoms with Crippen LogP contribution in [0.25, 0.3) is 21.0 Å². The van der Waals surface area contributed by atoms with Crippen LogP contribution in [0.3, 0.4) is 0 Å². The molecule has 0 fully saturated rings. The van der Waals surface area contributed by atoms with Gasteiger partial charge in [-0.3, -0.25) is 0 Å². The van der Waals surface area contributed by atoms with E-state index in [1.807, 2.05) is 30.3 Å². The molecule has 5 heteroatoms. The molecule has 4 aromatic rings. The second kappa shape index (κ2) is 6.53. The number of hydrogen-bond donors (Lipinski definition) is 0. The Morgan fingerprint density at radius 1 is 1.00 bits per heavy atom. The van der Waals surface area contributed by atoms with E-state index in [0.717, 1.165) is 37.8 Å². The highest BCUT2D eigenvalue weighted by molar-refractivity contribution is 7.22. The Balaban J connectivity index is 1.73. The number of methoxy groups -OCH3 is 2. The first-order chi connectivity index (χ1) is 12.3. The third-order valence-electron chi connectivity index (χ3n) is 4.03. The lowest BCUT2D eigenvalue weighted by atomic mass is 10.1. The molecule has 124 valence electrons. The van der Waals surface area contributed by atoms with Crippen molar-refractivity contribution < 1.29 is 9.47 Å². The van der Waals surface area contributed by atoms with Gasteiger partial charge in [-0.2, -0.15) is 0 Å². The summed E-state index contributed by atoms with van der Waals surface area (Å²) in [5.74, 6) is 1.47. The fraction of sp³-hybridized carbons (Fsp3) is 0.100. The largest absolute Gasteiger partial charge is 0.497 e. The fourth-order valence-electron chi connectivity index (χ4n) is 2.75. The Morgan fingerprint density at radius 2 is 1.88 bits per heavy atom. The molecule has 0 aliphatic rings. The molecule has 0 unspecified atom stereocenters. The number of ether oxygens (including phenoxy) is 2. The summed E-state index contributed by atoms with van der Waals surface area (Å²) in [4.78, 5) is 9.25. The van der Waals surface area contributed by atoms with Crippen LogP contribution in [-0.2, 0) is 0 Å². The van der Waals surface area contributed by atoms with Crippen LogP contribution in [0.2, 0.25) is 0 Å². The van der Waals surface area contributed by atoms with Gasteiger partial charge < -0.3 is 9.47 Å². The topological polar surface area (TPSA) is 43.7 Å². The highest BCUT2D eigenvalue weighted by Crippen LogP contribution is 2.33. The smallest absolute Gasteiger partial charge is 0.210 e. The molecule has 0 amide bonds. The van der Waals surface area contributed by atoms with Gasteiger partial charge in [0.1, 0.15) is 11.5 Å². The molecule has 1 aromatic heterocycles. The first-order valence-electron chi connectivity index (χ1n) is 7.83. The number of aromatic nitrogens is 1. The molecule has 4 rings (SSSR count). The maximum Gasteiger partial charge on any atom is 0.210 e. The van der Waals surface area contributed by atoms with Crippen LogP contribution < -0.4 is 9.47 Å². The Hall–Kier alpha value is -2.92. The van der Waals surface area contributed by atoms with E-state index in [4.69, 9.17) is 14.5 Å². The van der Waals surface area contributed by atoms with E-state index in [1.54, 1.807) is 31.8 Å². The summed E-state index contributed by atoms with van der Waals surface area (Å²) in [7, 11) is 3.27. The molecule has 0 radical (unpaired) electrons. The van der Waals surface area contributed by atoms with E-state index in [9.17, 15) is 0 Å². The Kier molecular flexibility index (Phi) is 4.07. The van der Waals surface area contributed by atoms with Crippen LogP contribution in [0.1, 0.15) is 5.56 Å². The van der Waals surface area contributed by atoms with Crippen LogP contribution in [0.5, 0.6) is 11.5 Å². The van der Waals surface area contributed by atoms with Crippen LogP contribution in [0, 0.1) is 0 Å². The molecule has 1 heterocycles. The second-order valence-corrected chi connectivity index (χ2v) is 6.51. The molecule has 0 aliphatic carbocycles. The molecule has 0 atom stereocenters. The standard InChI is InChI=1S/C20H16N2O2S/c1-23-15-9-7-14(17(11-15)24-2)12-21-20-22-19-16-6-4-3-5-13(16)8-10-18(19)25-20/h3-12H,1-2H3/b21-12+. The van der Waals surface area contributed by atoms with E-state index >= 15 is 0 Å². The van der Waals surface area contributed by atoms with Gasteiger partial charge in [0.15, 0.2) is 0 Å². The summed E-state index contributed by atoms with van der Waals surface area (Å²) in [6.07, 6.45) is 1.78. The Morgan fingerprint density at radius 3 is 2.72 bits per heavy atom. The number of thiazole rings is 1. The van der Waals surface area contributed by atoms with Crippen molar-refractivity contribution in [2.45, 2.75) is 0 Å². The summed E-state index contributed by atoms with van der Waals surface area (Å²) in [6.45, 7) is 0. The van der Waals surface area contributed by atoms with Gasteiger partial charge in [0, 0.05) is 23.2 Å². The Bertz CT molecular complexity index is 1090. The minimum atomic E-state index is 0.717. The zero-order valence-corrected chi connectivity index (χ0v) is 14.7. The van der Waals surface area contributed by atoms with Gasteiger partial charge in [-0.05, 0) is 23.6 Å². The SMILES string of the molecule is COc1ccc(/C=N/c2nc3c(ccc4ccccc43)s2)c(OC)c1.